The van der Waals surface area contributed by atoms with Crippen LogP contribution in [-0.2, 0) is 9.47 Å². The van der Waals surface area contributed by atoms with Crippen LogP contribution in [0.2, 0.25) is 0 Å². The molecule has 0 aromatic heterocycles. The van der Waals surface area contributed by atoms with E-state index in [4.69, 9.17) is 27.5 Å². The van der Waals surface area contributed by atoms with Crippen LogP contribution >= 0.6 is 11.6 Å². The van der Waals surface area contributed by atoms with Crippen LogP contribution in [0, 0.1) is 24.2 Å². The van der Waals surface area contributed by atoms with E-state index in [0.29, 0.717) is 5.92 Å². The molecule has 0 aromatic carbocycles. The van der Waals surface area contributed by atoms with Crippen molar-refractivity contribution in [1.29, 1.82) is 0 Å². The molecule has 0 N–H and O–H groups in total. The van der Waals surface area contributed by atoms with Gasteiger partial charge in [0.15, 0.2) is 4.87 Å². The highest BCUT2D eigenvalue weighted by Gasteiger charge is 2.56. The van der Waals surface area contributed by atoms with Gasteiger partial charge >= 0.3 is 0 Å². The number of alkyl halides is 1. The Hall–Kier alpha value is -0.230. The van der Waals surface area contributed by atoms with Crippen molar-refractivity contribution >= 4 is 11.6 Å². The van der Waals surface area contributed by atoms with Gasteiger partial charge in [-0.2, -0.15) is 0 Å². The standard InChI is InChI=1S/C14H23ClO2/c1-7-14(15)12(10(4)5)17-11(8-9(2)3)13(14)16-6/h1,9-13H,8H2,2-6H3/t11-,12+,13-,14+/m1/s1. The van der Waals surface area contributed by atoms with E-state index in [1.54, 1.807) is 7.11 Å². The van der Waals surface area contributed by atoms with E-state index in [1.165, 1.54) is 0 Å². The number of hydrogen-bond donors (Lipinski definition) is 0. The van der Waals surface area contributed by atoms with E-state index < -0.39 is 4.87 Å². The summed E-state index contributed by atoms with van der Waals surface area (Å²) in [5.74, 6) is 3.50. The molecule has 1 aliphatic heterocycles. The van der Waals surface area contributed by atoms with Crippen molar-refractivity contribution in [1.82, 2.24) is 0 Å². The highest BCUT2D eigenvalue weighted by Crippen LogP contribution is 2.43. The van der Waals surface area contributed by atoms with E-state index in [0.717, 1.165) is 6.42 Å². The Labute approximate surface area is 110 Å². The average molecular weight is 259 g/mol. The second kappa shape index (κ2) is 5.61. The van der Waals surface area contributed by atoms with Crippen LogP contribution in [-0.4, -0.2) is 30.3 Å². The summed E-state index contributed by atoms with van der Waals surface area (Å²) in [5.41, 5.74) is 0. The summed E-state index contributed by atoms with van der Waals surface area (Å²) in [4.78, 5) is -0.845. The molecule has 0 saturated carbocycles. The van der Waals surface area contributed by atoms with Crippen LogP contribution in [0.4, 0.5) is 0 Å². The maximum atomic E-state index is 6.57. The first-order valence-electron chi connectivity index (χ1n) is 6.21. The lowest BCUT2D eigenvalue weighted by molar-refractivity contribution is -0.0263. The summed E-state index contributed by atoms with van der Waals surface area (Å²) in [5, 5.41) is 0. The summed E-state index contributed by atoms with van der Waals surface area (Å²) in [7, 11) is 1.65. The first-order valence-corrected chi connectivity index (χ1v) is 6.59. The van der Waals surface area contributed by atoms with Gasteiger partial charge in [-0.3, -0.25) is 0 Å². The van der Waals surface area contributed by atoms with Gasteiger partial charge in [0.05, 0.1) is 12.2 Å². The van der Waals surface area contributed by atoms with Gasteiger partial charge in [-0.1, -0.05) is 45.2 Å². The molecule has 0 aromatic rings. The molecular weight excluding hydrogens is 236 g/mol. The molecule has 0 aliphatic carbocycles. The van der Waals surface area contributed by atoms with E-state index in [1.807, 2.05) is 0 Å². The molecule has 1 fully saturated rings. The summed E-state index contributed by atoms with van der Waals surface area (Å²) in [6, 6.07) is 0. The summed E-state index contributed by atoms with van der Waals surface area (Å²) in [6.45, 7) is 8.46. The van der Waals surface area contributed by atoms with Gasteiger partial charge in [0.1, 0.15) is 6.10 Å². The predicted molar refractivity (Wildman–Crippen MR) is 71.2 cm³/mol. The van der Waals surface area contributed by atoms with Gasteiger partial charge < -0.3 is 9.47 Å². The SMILES string of the molecule is C#C[C@@]1(Cl)[C@H](OC)[C@@H](CC(C)C)O[C@H]1C(C)C. The monoisotopic (exact) mass is 258 g/mol. The Balaban J connectivity index is 2.97. The molecule has 0 spiro atoms. The number of halogens is 1. The maximum absolute atomic E-state index is 6.57. The normalized spacial score (nSPS) is 37.7. The lowest BCUT2D eigenvalue weighted by Crippen LogP contribution is -2.45. The minimum absolute atomic E-state index is 0.0130. The largest absolute Gasteiger partial charge is 0.376 e. The third kappa shape index (κ3) is 2.78. The van der Waals surface area contributed by atoms with Crippen LogP contribution < -0.4 is 0 Å². The van der Waals surface area contributed by atoms with Gasteiger partial charge in [0.25, 0.3) is 0 Å². The van der Waals surface area contributed by atoms with Crippen molar-refractivity contribution < 1.29 is 9.47 Å². The number of methoxy groups -OCH3 is 1. The molecule has 1 saturated heterocycles. The Morgan fingerprint density at radius 3 is 2.35 bits per heavy atom. The summed E-state index contributed by atoms with van der Waals surface area (Å²) in [6.07, 6.45) is 6.13. The molecule has 0 amide bonds. The smallest absolute Gasteiger partial charge is 0.159 e. The minimum atomic E-state index is -0.845. The van der Waals surface area contributed by atoms with Gasteiger partial charge in [-0.25, -0.2) is 0 Å². The highest BCUT2D eigenvalue weighted by atomic mass is 35.5. The second-order valence-electron chi connectivity index (χ2n) is 5.54. The Kier molecular flexibility index (Phi) is 4.89. The number of ether oxygens (including phenoxy) is 2. The maximum Gasteiger partial charge on any atom is 0.159 e. The Bertz CT molecular complexity index is 295. The third-order valence-corrected chi connectivity index (χ3v) is 3.81. The van der Waals surface area contributed by atoms with Gasteiger partial charge in [-0.15, -0.1) is 6.42 Å². The third-order valence-electron chi connectivity index (χ3n) is 3.27. The van der Waals surface area contributed by atoms with Crippen LogP contribution in [0.15, 0.2) is 0 Å². The van der Waals surface area contributed by atoms with Gasteiger partial charge in [-0.05, 0) is 18.3 Å². The predicted octanol–water partition coefficient (Wildman–Crippen LogP) is 3.08. The van der Waals surface area contributed by atoms with Gasteiger partial charge in [0, 0.05) is 7.11 Å². The quantitative estimate of drug-likeness (QED) is 0.570. The molecule has 1 aliphatic rings. The number of terminal acetylenes is 1. The van der Waals surface area contributed by atoms with Crippen LogP contribution in [0.25, 0.3) is 0 Å². The first-order chi connectivity index (χ1) is 7.86. The molecule has 3 heteroatoms. The Morgan fingerprint density at radius 1 is 1.41 bits per heavy atom. The lowest BCUT2D eigenvalue weighted by Gasteiger charge is -2.29. The number of hydrogen-bond acceptors (Lipinski definition) is 2. The summed E-state index contributed by atoms with van der Waals surface area (Å²) >= 11 is 6.57. The van der Waals surface area contributed by atoms with Crippen molar-refractivity contribution in [2.45, 2.75) is 57.3 Å². The molecule has 98 valence electrons. The van der Waals surface area contributed by atoms with Crippen molar-refractivity contribution in [3.63, 3.8) is 0 Å². The highest BCUT2D eigenvalue weighted by molar-refractivity contribution is 6.27. The average Bonchev–Trinajstić information content (AvgIpc) is 2.51. The van der Waals surface area contributed by atoms with E-state index in [9.17, 15) is 0 Å². The minimum Gasteiger partial charge on any atom is -0.376 e. The zero-order valence-corrected chi connectivity index (χ0v) is 12.1. The summed E-state index contributed by atoms with van der Waals surface area (Å²) < 4.78 is 11.6. The van der Waals surface area contributed by atoms with E-state index in [-0.39, 0.29) is 24.2 Å². The topological polar surface area (TPSA) is 18.5 Å². The van der Waals surface area contributed by atoms with Crippen LogP contribution in [0.3, 0.4) is 0 Å². The molecule has 1 rings (SSSR count). The van der Waals surface area contributed by atoms with Crippen LogP contribution in [0.5, 0.6) is 0 Å². The lowest BCUT2D eigenvalue weighted by atomic mass is 9.88. The molecule has 1 heterocycles. The molecule has 2 nitrogen and oxygen atoms in total. The zero-order chi connectivity index (χ0) is 13.2. The van der Waals surface area contributed by atoms with E-state index in [2.05, 4.69) is 33.6 Å². The van der Waals surface area contributed by atoms with Crippen LogP contribution in [0.1, 0.15) is 34.1 Å². The molecule has 0 unspecified atom stereocenters. The van der Waals surface area contributed by atoms with Crippen molar-refractivity contribution in [2.75, 3.05) is 7.11 Å². The zero-order valence-electron chi connectivity index (χ0n) is 11.4. The molecule has 4 atom stereocenters. The van der Waals surface area contributed by atoms with Crippen molar-refractivity contribution in [3.8, 4) is 12.3 Å². The van der Waals surface area contributed by atoms with E-state index >= 15 is 0 Å². The fraction of sp³-hybridized carbons (Fsp3) is 0.857. The molecular formula is C14H23ClO2. The fourth-order valence-corrected chi connectivity index (χ4v) is 3.10. The van der Waals surface area contributed by atoms with Gasteiger partial charge in [0.2, 0.25) is 0 Å². The van der Waals surface area contributed by atoms with Crippen molar-refractivity contribution in [3.05, 3.63) is 0 Å². The Morgan fingerprint density at radius 2 is 2.00 bits per heavy atom. The second-order valence-corrected chi connectivity index (χ2v) is 6.16. The van der Waals surface area contributed by atoms with Crippen molar-refractivity contribution in [2.24, 2.45) is 11.8 Å². The fourth-order valence-electron chi connectivity index (χ4n) is 2.56. The molecule has 0 bridgehead atoms. The molecule has 17 heavy (non-hydrogen) atoms. The number of rotatable bonds is 4. The first kappa shape index (κ1) is 14.8. The molecule has 0 radical (unpaired) electrons.